The van der Waals surface area contributed by atoms with Gasteiger partial charge in [0.2, 0.25) is 0 Å². The fraction of sp³-hybridized carbons (Fsp3) is 0.333. The standard InChI is InChI=1S/C21H23FN2O3/c22-23-13-6-14-24-20(15-7-2-1-3-8-15)17(11-12-19(25)26)16-9-4-5-10-18(16)21(24)27/h1-5,7-10,17,20,23H,6,11-14H2,(H,25,26). The number of rotatable bonds is 8. The van der Waals surface area contributed by atoms with Gasteiger partial charge in [0.1, 0.15) is 0 Å². The number of aliphatic carboxylic acids is 1. The van der Waals surface area contributed by atoms with Gasteiger partial charge in [-0.2, -0.15) is 5.54 Å². The van der Waals surface area contributed by atoms with Crippen LogP contribution in [0.2, 0.25) is 0 Å². The number of carbonyl (C=O) groups excluding carboxylic acids is 1. The lowest BCUT2D eigenvalue weighted by atomic mass is 9.77. The molecule has 2 aromatic rings. The molecule has 0 bridgehead atoms. The summed E-state index contributed by atoms with van der Waals surface area (Å²) in [6, 6.07) is 16.8. The van der Waals surface area contributed by atoms with Crippen molar-refractivity contribution in [3.8, 4) is 0 Å². The van der Waals surface area contributed by atoms with Crippen LogP contribution in [0.3, 0.4) is 0 Å². The number of benzene rings is 2. The SMILES string of the molecule is O=C(O)CCC1c2ccccc2C(=O)N(CCCNF)C1c1ccccc1. The second-order valence-electron chi connectivity index (χ2n) is 6.72. The van der Waals surface area contributed by atoms with Gasteiger partial charge in [-0.25, -0.2) is 0 Å². The zero-order valence-electron chi connectivity index (χ0n) is 15.0. The number of halogens is 1. The number of carboxylic acids is 1. The fourth-order valence-corrected chi connectivity index (χ4v) is 3.90. The molecule has 0 saturated carbocycles. The molecule has 0 fully saturated rings. The van der Waals surface area contributed by atoms with Crippen LogP contribution in [0.1, 0.15) is 52.7 Å². The number of carboxylic acid groups (broad SMARTS) is 1. The Labute approximate surface area is 157 Å². The van der Waals surface area contributed by atoms with Crippen molar-refractivity contribution in [1.82, 2.24) is 10.4 Å². The van der Waals surface area contributed by atoms with Crippen molar-refractivity contribution in [3.05, 3.63) is 71.3 Å². The number of fused-ring (bicyclic) bond motifs is 1. The fourth-order valence-electron chi connectivity index (χ4n) is 3.90. The highest BCUT2D eigenvalue weighted by atomic mass is 19.2. The third-order valence-electron chi connectivity index (χ3n) is 5.05. The van der Waals surface area contributed by atoms with Crippen LogP contribution in [-0.4, -0.2) is 35.0 Å². The molecule has 2 N–H and O–H groups in total. The predicted octanol–water partition coefficient (Wildman–Crippen LogP) is 3.70. The summed E-state index contributed by atoms with van der Waals surface area (Å²) < 4.78 is 12.4. The average Bonchev–Trinajstić information content (AvgIpc) is 2.69. The van der Waals surface area contributed by atoms with E-state index in [-0.39, 0.29) is 30.8 Å². The van der Waals surface area contributed by atoms with E-state index in [1.165, 1.54) is 0 Å². The maximum absolute atomic E-state index is 13.2. The van der Waals surface area contributed by atoms with Crippen molar-refractivity contribution in [2.75, 3.05) is 13.1 Å². The Morgan fingerprint density at radius 1 is 1.11 bits per heavy atom. The van der Waals surface area contributed by atoms with E-state index in [0.717, 1.165) is 11.1 Å². The highest BCUT2D eigenvalue weighted by Gasteiger charge is 2.40. The molecular formula is C21H23FN2O3. The normalized spacial score (nSPS) is 19.0. The molecule has 6 heteroatoms. The van der Waals surface area contributed by atoms with E-state index < -0.39 is 5.97 Å². The minimum absolute atomic E-state index is 0.0242. The molecule has 0 spiro atoms. The maximum Gasteiger partial charge on any atom is 0.303 e. The van der Waals surface area contributed by atoms with Gasteiger partial charge in [0.15, 0.2) is 0 Å². The van der Waals surface area contributed by atoms with Gasteiger partial charge in [-0.1, -0.05) is 48.5 Å². The number of nitrogens with zero attached hydrogens (tertiary/aromatic N) is 1. The number of carbonyl (C=O) groups is 2. The predicted molar refractivity (Wildman–Crippen MR) is 100 cm³/mol. The lowest BCUT2D eigenvalue weighted by molar-refractivity contribution is -0.137. The lowest BCUT2D eigenvalue weighted by Crippen LogP contribution is -2.43. The van der Waals surface area contributed by atoms with Gasteiger partial charge in [0.25, 0.3) is 5.91 Å². The van der Waals surface area contributed by atoms with Crippen molar-refractivity contribution >= 4 is 11.9 Å². The van der Waals surface area contributed by atoms with Crippen molar-refractivity contribution in [1.29, 1.82) is 0 Å². The Hall–Kier alpha value is -2.73. The van der Waals surface area contributed by atoms with Gasteiger partial charge in [-0.05, 0) is 30.0 Å². The first-order valence-electron chi connectivity index (χ1n) is 9.13. The summed E-state index contributed by atoms with van der Waals surface area (Å²) in [5, 5.41) is 9.21. The van der Waals surface area contributed by atoms with Crippen LogP contribution >= 0.6 is 0 Å². The first kappa shape index (κ1) is 19.0. The van der Waals surface area contributed by atoms with Crippen LogP contribution < -0.4 is 5.54 Å². The average molecular weight is 370 g/mol. The molecule has 0 aromatic heterocycles. The quantitative estimate of drug-likeness (QED) is 0.549. The zero-order valence-corrected chi connectivity index (χ0v) is 15.0. The first-order valence-corrected chi connectivity index (χ1v) is 9.13. The first-order chi connectivity index (χ1) is 13.1. The molecule has 0 aliphatic carbocycles. The zero-order chi connectivity index (χ0) is 19.2. The summed E-state index contributed by atoms with van der Waals surface area (Å²) >= 11 is 0. The summed E-state index contributed by atoms with van der Waals surface area (Å²) in [5.41, 5.74) is 4.08. The summed E-state index contributed by atoms with van der Waals surface area (Å²) in [5.74, 6) is -1.08. The van der Waals surface area contributed by atoms with Crippen molar-refractivity contribution in [3.63, 3.8) is 0 Å². The number of hydrogen-bond acceptors (Lipinski definition) is 3. The second kappa shape index (κ2) is 8.77. The summed E-state index contributed by atoms with van der Waals surface area (Å²) in [6.07, 6.45) is 0.923. The monoisotopic (exact) mass is 370 g/mol. The van der Waals surface area contributed by atoms with E-state index in [4.69, 9.17) is 0 Å². The van der Waals surface area contributed by atoms with Crippen LogP contribution in [0.25, 0.3) is 0 Å². The third-order valence-corrected chi connectivity index (χ3v) is 5.05. The van der Waals surface area contributed by atoms with E-state index in [2.05, 4.69) is 0 Å². The van der Waals surface area contributed by atoms with Crippen LogP contribution in [0.4, 0.5) is 4.48 Å². The van der Waals surface area contributed by atoms with Crippen LogP contribution in [0.15, 0.2) is 54.6 Å². The molecular weight excluding hydrogens is 347 g/mol. The smallest absolute Gasteiger partial charge is 0.303 e. The van der Waals surface area contributed by atoms with E-state index >= 15 is 0 Å². The summed E-state index contributed by atoms with van der Waals surface area (Å²) in [6.45, 7) is 0.556. The van der Waals surface area contributed by atoms with E-state index in [1.807, 2.05) is 48.5 Å². The topological polar surface area (TPSA) is 69.6 Å². The number of amides is 1. The van der Waals surface area contributed by atoms with Gasteiger partial charge in [-0.3, -0.25) is 9.59 Å². The molecule has 5 nitrogen and oxygen atoms in total. The molecule has 0 radical (unpaired) electrons. The van der Waals surface area contributed by atoms with Gasteiger partial charge < -0.3 is 10.0 Å². The van der Waals surface area contributed by atoms with Gasteiger partial charge in [0, 0.05) is 31.0 Å². The van der Waals surface area contributed by atoms with Crippen LogP contribution in [-0.2, 0) is 4.79 Å². The lowest BCUT2D eigenvalue weighted by Gasteiger charge is -2.42. The molecule has 2 aromatic carbocycles. The molecule has 1 amide bonds. The molecule has 2 atom stereocenters. The Morgan fingerprint density at radius 3 is 2.52 bits per heavy atom. The number of hydrogen-bond donors (Lipinski definition) is 2. The van der Waals surface area contributed by atoms with Crippen molar-refractivity contribution < 1.29 is 19.2 Å². The summed E-state index contributed by atoms with van der Waals surface area (Å²) in [7, 11) is 0. The van der Waals surface area contributed by atoms with Gasteiger partial charge in [-0.15, -0.1) is 4.48 Å². The van der Waals surface area contributed by atoms with Crippen molar-refractivity contribution in [2.45, 2.75) is 31.2 Å². The van der Waals surface area contributed by atoms with Gasteiger partial charge in [0.05, 0.1) is 6.04 Å². The van der Waals surface area contributed by atoms with Crippen LogP contribution in [0, 0.1) is 0 Å². The highest BCUT2D eigenvalue weighted by Crippen LogP contribution is 2.44. The number of nitrogens with one attached hydrogen (secondary N) is 1. The highest BCUT2D eigenvalue weighted by molar-refractivity contribution is 5.97. The molecule has 0 saturated heterocycles. The Kier molecular flexibility index (Phi) is 6.19. The minimum atomic E-state index is -0.857. The minimum Gasteiger partial charge on any atom is -0.481 e. The van der Waals surface area contributed by atoms with Gasteiger partial charge >= 0.3 is 5.97 Å². The summed E-state index contributed by atoms with van der Waals surface area (Å²) in [4.78, 5) is 26.2. The second-order valence-corrected chi connectivity index (χ2v) is 6.72. The third kappa shape index (κ3) is 4.17. The van der Waals surface area contributed by atoms with E-state index in [0.29, 0.717) is 24.9 Å². The van der Waals surface area contributed by atoms with Crippen molar-refractivity contribution in [2.24, 2.45) is 0 Å². The molecule has 142 valence electrons. The molecule has 3 rings (SSSR count). The van der Waals surface area contributed by atoms with E-state index in [9.17, 15) is 19.2 Å². The molecule has 1 heterocycles. The molecule has 2 unspecified atom stereocenters. The molecule has 1 aliphatic rings. The Bertz CT molecular complexity index is 797. The van der Waals surface area contributed by atoms with Crippen LogP contribution in [0.5, 0.6) is 0 Å². The molecule has 27 heavy (non-hydrogen) atoms. The maximum atomic E-state index is 13.2. The largest absolute Gasteiger partial charge is 0.481 e. The molecule has 1 aliphatic heterocycles. The Morgan fingerprint density at radius 2 is 1.81 bits per heavy atom. The Balaban J connectivity index is 2.05. The van der Waals surface area contributed by atoms with E-state index in [1.54, 1.807) is 16.5 Å².